The van der Waals surface area contributed by atoms with Crippen LogP contribution in [0.3, 0.4) is 0 Å². The maximum atomic E-state index is 5.11. The van der Waals surface area contributed by atoms with E-state index in [1.54, 1.807) is 7.11 Å². The van der Waals surface area contributed by atoms with Crippen LogP contribution in [0.1, 0.15) is 50.7 Å². The van der Waals surface area contributed by atoms with Crippen molar-refractivity contribution in [1.82, 2.24) is 25.4 Å². The molecular formula is C17H32N6O. The van der Waals surface area contributed by atoms with Gasteiger partial charge in [-0.05, 0) is 32.1 Å². The number of hydrogen-bond donors (Lipinski definition) is 2. The van der Waals surface area contributed by atoms with Crippen LogP contribution in [0.5, 0.6) is 0 Å². The van der Waals surface area contributed by atoms with Crippen molar-refractivity contribution in [2.45, 2.75) is 58.5 Å². The van der Waals surface area contributed by atoms with Gasteiger partial charge in [-0.1, -0.05) is 19.8 Å². The Hall–Kier alpha value is -1.63. The molecule has 0 aliphatic heterocycles. The van der Waals surface area contributed by atoms with Crippen LogP contribution < -0.4 is 10.6 Å². The maximum absolute atomic E-state index is 5.11. The fourth-order valence-electron chi connectivity index (χ4n) is 3.07. The molecule has 136 valence electrons. The molecule has 0 aromatic carbocycles. The Morgan fingerprint density at radius 3 is 2.88 bits per heavy atom. The first-order valence-corrected chi connectivity index (χ1v) is 8.98. The standard InChI is InChI=1S/C17H32N6O/c1-13-7-5-8-15(11-13)20-17(18-9-6-10-24-4)19-12-16-22-21-14(2)23(16)3/h13,15H,5-12H2,1-4H3,(H2,18,19,20). The first-order chi connectivity index (χ1) is 11.6. The van der Waals surface area contributed by atoms with Crippen molar-refractivity contribution in [3.05, 3.63) is 11.6 Å². The zero-order chi connectivity index (χ0) is 17.4. The van der Waals surface area contributed by atoms with Gasteiger partial charge in [-0.2, -0.15) is 0 Å². The summed E-state index contributed by atoms with van der Waals surface area (Å²) >= 11 is 0. The Morgan fingerprint density at radius 1 is 1.38 bits per heavy atom. The summed E-state index contributed by atoms with van der Waals surface area (Å²) in [6.07, 6.45) is 6.01. The molecule has 2 unspecified atom stereocenters. The lowest BCUT2D eigenvalue weighted by Crippen LogP contribution is -2.45. The number of rotatable bonds is 7. The molecule has 7 heteroatoms. The minimum absolute atomic E-state index is 0.503. The molecule has 0 bridgehead atoms. The molecule has 2 atom stereocenters. The summed E-state index contributed by atoms with van der Waals surface area (Å²) in [5, 5.41) is 15.3. The summed E-state index contributed by atoms with van der Waals surface area (Å²) in [4.78, 5) is 4.72. The van der Waals surface area contributed by atoms with E-state index < -0.39 is 0 Å². The average molecular weight is 336 g/mol. The van der Waals surface area contributed by atoms with Crippen LogP contribution in [-0.2, 0) is 18.3 Å². The molecule has 0 saturated heterocycles. The van der Waals surface area contributed by atoms with E-state index in [2.05, 4.69) is 27.8 Å². The van der Waals surface area contributed by atoms with Gasteiger partial charge in [0.05, 0.1) is 0 Å². The average Bonchev–Trinajstić information content (AvgIpc) is 2.88. The second kappa shape index (κ2) is 9.61. The zero-order valence-electron chi connectivity index (χ0n) is 15.5. The second-order valence-electron chi connectivity index (χ2n) is 6.77. The number of nitrogens with one attached hydrogen (secondary N) is 2. The Balaban J connectivity index is 1.95. The maximum Gasteiger partial charge on any atom is 0.191 e. The van der Waals surface area contributed by atoms with Crippen molar-refractivity contribution in [2.24, 2.45) is 18.0 Å². The van der Waals surface area contributed by atoms with Crippen molar-refractivity contribution in [3.8, 4) is 0 Å². The number of aryl methyl sites for hydroxylation is 1. The molecule has 1 aromatic heterocycles. The summed E-state index contributed by atoms with van der Waals surface area (Å²) < 4.78 is 7.09. The molecule has 2 rings (SSSR count). The normalized spacial score (nSPS) is 21.8. The quantitative estimate of drug-likeness (QED) is 0.451. The SMILES string of the molecule is COCCCNC(=NCc1nnc(C)n1C)NC1CCCC(C)C1. The summed E-state index contributed by atoms with van der Waals surface area (Å²) in [6.45, 7) is 6.41. The van der Waals surface area contributed by atoms with Gasteiger partial charge >= 0.3 is 0 Å². The molecule has 1 aliphatic carbocycles. The van der Waals surface area contributed by atoms with E-state index in [1.807, 2.05) is 18.5 Å². The van der Waals surface area contributed by atoms with E-state index in [0.717, 1.165) is 43.1 Å². The summed E-state index contributed by atoms with van der Waals surface area (Å²) in [7, 11) is 3.70. The molecule has 0 radical (unpaired) electrons. The van der Waals surface area contributed by atoms with Crippen molar-refractivity contribution in [2.75, 3.05) is 20.3 Å². The third-order valence-corrected chi connectivity index (χ3v) is 4.66. The lowest BCUT2D eigenvalue weighted by molar-refractivity contribution is 0.195. The molecule has 0 amide bonds. The molecule has 0 spiro atoms. The minimum Gasteiger partial charge on any atom is -0.385 e. The fraction of sp³-hybridized carbons (Fsp3) is 0.824. The van der Waals surface area contributed by atoms with E-state index in [4.69, 9.17) is 9.73 Å². The minimum atomic E-state index is 0.503. The van der Waals surface area contributed by atoms with Crippen molar-refractivity contribution >= 4 is 5.96 Å². The van der Waals surface area contributed by atoms with Gasteiger partial charge in [-0.15, -0.1) is 10.2 Å². The number of ether oxygens (including phenoxy) is 1. The zero-order valence-corrected chi connectivity index (χ0v) is 15.5. The van der Waals surface area contributed by atoms with E-state index in [-0.39, 0.29) is 0 Å². The van der Waals surface area contributed by atoms with Crippen molar-refractivity contribution in [3.63, 3.8) is 0 Å². The van der Waals surface area contributed by atoms with E-state index in [1.165, 1.54) is 25.7 Å². The molecule has 1 aliphatic rings. The van der Waals surface area contributed by atoms with Crippen LogP contribution in [0.2, 0.25) is 0 Å². The Bertz CT molecular complexity index is 527. The predicted octanol–water partition coefficient (Wildman–Crippen LogP) is 1.77. The van der Waals surface area contributed by atoms with Gasteiger partial charge < -0.3 is 19.9 Å². The van der Waals surface area contributed by atoms with Gasteiger partial charge in [0.25, 0.3) is 0 Å². The first-order valence-electron chi connectivity index (χ1n) is 8.98. The third kappa shape index (κ3) is 5.78. The number of hydrogen-bond acceptors (Lipinski definition) is 4. The number of nitrogens with zero attached hydrogens (tertiary/aromatic N) is 4. The lowest BCUT2D eigenvalue weighted by atomic mass is 9.87. The number of aliphatic imine (C=N–C) groups is 1. The molecule has 24 heavy (non-hydrogen) atoms. The molecule has 2 N–H and O–H groups in total. The monoisotopic (exact) mass is 336 g/mol. The predicted molar refractivity (Wildman–Crippen MR) is 95.9 cm³/mol. The van der Waals surface area contributed by atoms with E-state index >= 15 is 0 Å². The van der Waals surface area contributed by atoms with Crippen LogP contribution in [0.15, 0.2) is 4.99 Å². The summed E-state index contributed by atoms with van der Waals surface area (Å²) in [5.41, 5.74) is 0. The Morgan fingerprint density at radius 2 is 2.21 bits per heavy atom. The first kappa shape index (κ1) is 18.7. The Kier molecular flexibility index (Phi) is 7.49. The number of aromatic nitrogens is 3. The summed E-state index contributed by atoms with van der Waals surface area (Å²) in [6, 6.07) is 0.503. The van der Waals surface area contributed by atoms with Crippen LogP contribution in [0, 0.1) is 12.8 Å². The van der Waals surface area contributed by atoms with Crippen LogP contribution in [-0.4, -0.2) is 47.0 Å². The summed E-state index contributed by atoms with van der Waals surface area (Å²) in [5.74, 6) is 3.43. The van der Waals surface area contributed by atoms with Gasteiger partial charge in [-0.25, -0.2) is 4.99 Å². The van der Waals surface area contributed by atoms with Gasteiger partial charge in [0, 0.05) is 33.4 Å². The molecule has 1 heterocycles. The van der Waals surface area contributed by atoms with E-state index in [9.17, 15) is 0 Å². The van der Waals surface area contributed by atoms with Gasteiger partial charge in [0.2, 0.25) is 0 Å². The number of guanidine groups is 1. The fourth-order valence-corrected chi connectivity index (χ4v) is 3.07. The highest BCUT2D eigenvalue weighted by molar-refractivity contribution is 5.80. The van der Waals surface area contributed by atoms with Crippen LogP contribution >= 0.6 is 0 Å². The molecule has 1 fully saturated rings. The van der Waals surface area contributed by atoms with Gasteiger partial charge in [0.1, 0.15) is 12.4 Å². The van der Waals surface area contributed by atoms with Crippen molar-refractivity contribution < 1.29 is 4.74 Å². The third-order valence-electron chi connectivity index (χ3n) is 4.66. The highest BCUT2D eigenvalue weighted by Crippen LogP contribution is 2.23. The van der Waals surface area contributed by atoms with Gasteiger partial charge in [-0.3, -0.25) is 0 Å². The van der Waals surface area contributed by atoms with Gasteiger partial charge in [0.15, 0.2) is 11.8 Å². The Labute approximate surface area is 145 Å². The number of methoxy groups -OCH3 is 1. The smallest absolute Gasteiger partial charge is 0.191 e. The molecular weight excluding hydrogens is 304 g/mol. The van der Waals surface area contributed by atoms with E-state index in [0.29, 0.717) is 12.6 Å². The molecule has 7 nitrogen and oxygen atoms in total. The largest absolute Gasteiger partial charge is 0.385 e. The second-order valence-corrected chi connectivity index (χ2v) is 6.77. The molecule has 1 saturated carbocycles. The highest BCUT2D eigenvalue weighted by Gasteiger charge is 2.19. The van der Waals surface area contributed by atoms with Crippen molar-refractivity contribution in [1.29, 1.82) is 0 Å². The molecule has 1 aromatic rings. The topological polar surface area (TPSA) is 76.4 Å². The lowest BCUT2D eigenvalue weighted by Gasteiger charge is -2.29. The highest BCUT2D eigenvalue weighted by atomic mass is 16.5. The van der Waals surface area contributed by atoms with Crippen LogP contribution in [0.25, 0.3) is 0 Å². The van der Waals surface area contributed by atoms with Crippen LogP contribution in [0.4, 0.5) is 0 Å².